The van der Waals surface area contributed by atoms with E-state index in [0.717, 1.165) is 25.0 Å². The molecule has 4 nitrogen and oxygen atoms in total. The van der Waals surface area contributed by atoms with Gasteiger partial charge in [-0.1, -0.05) is 12.2 Å². The minimum Gasteiger partial charge on any atom is -0.351 e. The first-order chi connectivity index (χ1) is 10.1. The molecule has 1 aromatic carbocycles. The van der Waals surface area contributed by atoms with Crippen molar-refractivity contribution in [2.24, 2.45) is 0 Å². The van der Waals surface area contributed by atoms with Gasteiger partial charge in [0.1, 0.15) is 17.7 Å². The van der Waals surface area contributed by atoms with Gasteiger partial charge in [-0.25, -0.2) is 8.78 Å². The SMILES string of the molecule is O=C(NC1CC1)[C@H]1C=CCN1C(=O)c1ccc(F)cc1F. The Morgan fingerprint density at radius 3 is 2.67 bits per heavy atom. The van der Waals surface area contributed by atoms with Gasteiger partial charge >= 0.3 is 0 Å². The van der Waals surface area contributed by atoms with Crippen molar-refractivity contribution in [3.63, 3.8) is 0 Å². The molecule has 0 saturated heterocycles. The molecule has 21 heavy (non-hydrogen) atoms. The maximum absolute atomic E-state index is 13.7. The van der Waals surface area contributed by atoms with Crippen molar-refractivity contribution in [2.45, 2.75) is 24.9 Å². The van der Waals surface area contributed by atoms with E-state index in [9.17, 15) is 18.4 Å². The molecule has 0 aromatic heterocycles. The lowest BCUT2D eigenvalue weighted by Crippen LogP contribution is -2.47. The van der Waals surface area contributed by atoms with Crippen LogP contribution in [0.2, 0.25) is 0 Å². The molecule has 0 spiro atoms. The van der Waals surface area contributed by atoms with E-state index in [1.807, 2.05) is 0 Å². The maximum Gasteiger partial charge on any atom is 0.258 e. The van der Waals surface area contributed by atoms with E-state index in [-0.39, 0.29) is 24.1 Å². The summed E-state index contributed by atoms with van der Waals surface area (Å²) in [4.78, 5) is 25.7. The third-order valence-electron chi connectivity index (χ3n) is 3.57. The summed E-state index contributed by atoms with van der Waals surface area (Å²) in [5, 5.41) is 2.82. The minimum absolute atomic E-state index is 0.186. The lowest BCUT2D eigenvalue weighted by atomic mass is 10.1. The van der Waals surface area contributed by atoms with Gasteiger partial charge in [-0.3, -0.25) is 9.59 Å². The number of hydrogen-bond acceptors (Lipinski definition) is 2. The highest BCUT2D eigenvalue weighted by Crippen LogP contribution is 2.21. The van der Waals surface area contributed by atoms with E-state index in [4.69, 9.17) is 0 Å². The Labute approximate surface area is 120 Å². The summed E-state index contributed by atoms with van der Waals surface area (Å²) in [6.45, 7) is 0.235. The third-order valence-corrected chi connectivity index (χ3v) is 3.57. The number of rotatable bonds is 3. The molecule has 0 radical (unpaired) electrons. The molecule has 6 heteroatoms. The Kier molecular flexibility index (Phi) is 3.45. The van der Waals surface area contributed by atoms with Gasteiger partial charge in [-0.15, -0.1) is 0 Å². The highest BCUT2D eigenvalue weighted by Gasteiger charge is 2.34. The lowest BCUT2D eigenvalue weighted by molar-refractivity contribution is -0.123. The quantitative estimate of drug-likeness (QED) is 0.861. The highest BCUT2D eigenvalue weighted by atomic mass is 19.1. The van der Waals surface area contributed by atoms with Gasteiger partial charge in [0.15, 0.2) is 0 Å². The summed E-state index contributed by atoms with van der Waals surface area (Å²) >= 11 is 0. The number of carbonyl (C=O) groups is 2. The van der Waals surface area contributed by atoms with Gasteiger partial charge < -0.3 is 10.2 Å². The van der Waals surface area contributed by atoms with Crippen molar-refractivity contribution in [3.8, 4) is 0 Å². The van der Waals surface area contributed by atoms with E-state index in [0.29, 0.717) is 6.07 Å². The molecule has 1 atom stereocenters. The molecule has 2 amide bonds. The number of hydrogen-bond donors (Lipinski definition) is 1. The molecule has 1 saturated carbocycles. The van der Waals surface area contributed by atoms with Crippen LogP contribution >= 0.6 is 0 Å². The van der Waals surface area contributed by atoms with E-state index < -0.39 is 23.6 Å². The summed E-state index contributed by atoms with van der Waals surface area (Å²) < 4.78 is 26.6. The van der Waals surface area contributed by atoms with Crippen LogP contribution in [0.3, 0.4) is 0 Å². The van der Waals surface area contributed by atoms with Crippen LogP contribution in [0.1, 0.15) is 23.2 Å². The predicted octanol–water partition coefficient (Wildman–Crippen LogP) is 1.62. The zero-order valence-corrected chi connectivity index (χ0v) is 11.2. The van der Waals surface area contributed by atoms with E-state index in [1.54, 1.807) is 12.2 Å². The summed E-state index contributed by atoms with van der Waals surface area (Å²) in [7, 11) is 0. The summed E-state index contributed by atoms with van der Waals surface area (Å²) in [5.41, 5.74) is -0.232. The van der Waals surface area contributed by atoms with Crippen LogP contribution in [-0.4, -0.2) is 35.3 Å². The molecule has 0 bridgehead atoms. The average Bonchev–Trinajstić information content (AvgIpc) is 3.11. The first kappa shape index (κ1) is 13.7. The Bertz CT molecular complexity index is 626. The molecule has 1 N–H and O–H groups in total. The Balaban J connectivity index is 1.78. The molecular weight excluding hydrogens is 278 g/mol. The molecule has 3 rings (SSSR count). The zero-order chi connectivity index (χ0) is 15.0. The Morgan fingerprint density at radius 1 is 1.24 bits per heavy atom. The fraction of sp³-hybridized carbons (Fsp3) is 0.333. The van der Waals surface area contributed by atoms with Gasteiger partial charge in [0, 0.05) is 18.7 Å². The summed E-state index contributed by atoms with van der Waals surface area (Å²) in [6.07, 6.45) is 5.21. The molecule has 1 heterocycles. The number of benzene rings is 1. The fourth-order valence-electron chi connectivity index (χ4n) is 2.29. The standard InChI is InChI=1S/C15H14F2N2O2/c16-9-3-6-11(12(17)8-9)15(21)19-7-1-2-13(19)14(20)18-10-4-5-10/h1-3,6,8,10,13H,4-5,7H2,(H,18,20)/t13-/m1/s1. The summed E-state index contributed by atoms with van der Waals surface area (Å²) in [6, 6.07) is 2.24. The van der Waals surface area contributed by atoms with Crippen molar-refractivity contribution >= 4 is 11.8 Å². The molecule has 1 aliphatic heterocycles. The van der Waals surface area contributed by atoms with E-state index in [1.165, 1.54) is 4.90 Å². The minimum atomic E-state index is -0.923. The van der Waals surface area contributed by atoms with Crippen molar-refractivity contribution in [1.82, 2.24) is 10.2 Å². The number of carbonyl (C=O) groups excluding carboxylic acids is 2. The number of nitrogens with one attached hydrogen (secondary N) is 1. The Morgan fingerprint density at radius 2 is 2.00 bits per heavy atom. The number of amides is 2. The fourth-order valence-corrected chi connectivity index (χ4v) is 2.29. The molecular formula is C15H14F2N2O2. The average molecular weight is 292 g/mol. The van der Waals surface area contributed by atoms with Crippen molar-refractivity contribution in [3.05, 3.63) is 47.5 Å². The van der Waals surface area contributed by atoms with Crippen LogP contribution in [0.4, 0.5) is 8.78 Å². The number of nitrogens with zero attached hydrogens (tertiary/aromatic N) is 1. The van der Waals surface area contributed by atoms with Crippen LogP contribution in [-0.2, 0) is 4.79 Å². The highest BCUT2D eigenvalue weighted by molar-refractivity contribution is 5.99. The largest absolute Gasteiger partial charge is 0.351 e. The van der Waals surface area contributed by atoms with Crippen LogP contribution in [0, 0.1) is 11.6 Å². The van der Waals surface area contributed by atoms with E-state index >= 15 is 0 Å². The smallest absolute Gasteiger partial charge is 0.258 e. The first-order valence-corrected chi connectivity index (χ1v) is 6.79. The van der Waals surface area contributed by atoms with Crippen LogP contribution in [0.25, 0.3) is 0 Å². The topological polar surface area (TPSA) is 49.4 Å². The molecule has 1 aliphatic carbocycles. The molecule has 110 valence electrons. The van der Waals surface area contributed by atoms with Gasteiger partial charge in [-0.05, 0) is 25.0 Å². The predicted molar refractivity (Wildman–Crippen MR) is 71.5 cm³/mol. The van der Waals surface area contributed by atoms with Crippen LogP contribution < -0.4 is 5.32 Å². The molecule has 1 aromatic rings. The van der Waals surface area contributed by atoms with Crippen molar-refractivity contribution < 1.29 is 18.4 Å². The zero-order valence-electron chi connectivity index (χ0n) is 11.2. The summed E-state index contributed by atoms with van der Waals surface area (Å²) in [5.74, 6) is -2.55. The van der Waals surface area contributed by atoms with Crippen LogP contribution in [0.15, 0.2) is 30.4 Å². The van der Waals surface area contributed by atoms with Gasteiger partial charge in [-0.2, -0.15) is 0 Å². The Hall–Kier alpha value is -2.24. The third kappa shape index (κ3) is 2.79. The van der Waals surface area contributed by atoms with E-state index in [2.05, 4.69) is 5.32 Å². The molecule has 1 fully saturated rings. The van der Waals surface area contributed by atoms with Crippen molar-refractivity contribution in [1.29, 1.82) is 0 Å². The van der Waals surface area contributed by atoms with Gasteiger partial charge in [0.05, 0.1) is 5.56 Å². The number of halogens is 2. The monoisotopic (exact) mass is 292 g/mol. The molecule has 0 unspecified atom stereocenters. The maximum atomic E-state index is 13.7. The lowest BCUT2D eigenvalue weighted by Gasteiger charge is -2.24. The van der Waals surface area contributed by atoms with Gasteiger partial charge in [0.2, 0.25) is 5.91 Å². The van der Waals surface area contributed by atoms with Gasteiger partial charge in [0.25, 0.3) is 5.91 Å². The molecule has 2 aliphatic rings. The second kappa shape index (κ2) is 5.27. The van der Waals surface area contributed by atoms with Crippen molar-refractivity contribution in [2.75, 3.05) is 6.54 Å². The second-order valence-electron chi connectivity index (χ2n) is 5.24. The second-order valence-corrected chi connectivity index (χ2v) is 5.24. The first-order valence-electron chi connectivity index (χ1n) is 6.79. The van der Waals surface area contributed by atoms with Crippen LogP contribution in [0.5, 0.6) is 0 Å². The normalized spacial score (nSPS) is 20.7.